The van der Waals surface area contributed by atoms with E-state index in [0.29, 0.717) is 5.39 Å². The molecular formula is C22H21N3O2S. The lowest BCUT2D eigenvalue weighted by Crippen LogP contribution is -2.34. The molecule has 1 atom stereocenters. The van der Waals surface area contributed by atoms with E-state index in [-0.39, 0.29) is 11.5 Å². The van der Waals surface area contributed by atoms with E-state index in [9.17, 15) is 9.59 Å². The number of nitrogens with zero attached hydrogens (tertiary/aromatic N) is 2. The molecule has 2 aromatic heterocycles. The van der Waals surface area contributed by atoms with E-state index in [2.05, 4.69) is 10.4 Å². The third-order valence-corrected chi connectivity index (χ3v) is 6.27. The number of fused-ring (bicyclic) bond motifs is 3. The monoisotopic (exact) mass is 391 g/mol. The summed E-state index contributed by atoms with van der Waals surface area (Å²) in [7, 11) is 0. The van der Waals surface area contributed by atoms with Crippen LogP contribution in [0.4, 0.5) is 5.69 Å². The molecule has 28 heavy (non-hydrogen) atoms. The minimum Gasteiger partial charge on any atom is -0.324 e. The van der Waals surface area contributed by atoms with Crippen LogP contribution in [0.1, 0.15) is 29.8 Å². The van der Waals surface area contributed by atoms with Gasteiger partial charge in [-0.3, -0.25) is 9.59 Å². The highest BCUT2D eigenvalue weighted by Gasteiger charge is 2.22. The van der Waals surface area contributed by atoms with Crippen molar-refractivity contribution in [3.05, 3.63) is 69.6 Å². The van der Waals surface area contributed by atoms with E-state index in [4.69, 9.17) is 0 Å². The van der Waals surface area contributed by atoms with Gasteiger partial charge in [0.15, 0.2) is 0 Å². The van der Waals surface area contributed by atoms with Gasteiger partial charge in [0.05, 0.1) is 15.8 Å². The molecule has 2 aromatic carbocycles. The zero-order chi connectivity index (χ0) is 20.0. The van der Waals surface area contributed by atoms with Crippen LogP contribution in [0.25, 0.3) is 20.2 Å². The average Bonchev–Trinajstić information content (AvgIpc) is 3.07. The van der Waals surface area contributed by atoms with E-state index in [1.54, 1.807) is 18.3 Å². The van der Waals surface area contributed by atoms with Crippen LogP contribution < -0.4 is 10.9 Å². The second kappa shape index (κ2) is 6.87. The van der Waals surface area contributed by atoms with E-state index < -0.39 is 6.04 Å². The van der Waals surface area contributed by atoms with Gasteiger partial charge in [-0.1, -0.05) is 35.9 Å². The van der Waals surface area contributed by atoms with Crippen LogP contribution in [0, 0.1) is 20.8 Å². The third-order valence-electron chi connectivity index (χ3n) is 4.99. The fourth-order valence-corrected chi connectivity index (χ4v) is 4.58. The largest absolute Gasteiger partial charge is 0.324 e. The number of carbonyl (C=O) groups is 1. The highest BCUT2D eigenvalue weighted by molar-refractivity contribution is 7.26. The highest BCUT2D eigenvalue weighted by atomic mass is 32.1. The molecule has 4 rings (SSSR count). The topological polar surface area (TPSA) is 64.0 Å². The Bertz CT molecular complexity index is 1290. The number of carbonyl (C=O) groups excluding carboxylic acids is 1. The summed E-state index contributed by atoms with van der Waals surface area (Å²) in [6, 6.07) is 12.9. The first kappa shape index (κ1) is 18.4. The molecule has 0 bridgehead atoms. The van der Waals surface area contributed by atoms with Crippen LogP contribution in [0.15, 0.2) is 47.3 Å². The zero-order valence-electron chi connectivity index (χ0n) is 16.2. The first-order chi connectivity index (χ1) is 13.4. The van der Waals surface area contributed by atoms with Crippen LogP contribution in [0.3, 0.4) is 0 Å². The first-order valence-electron chi connectivity index (χ1n) is 9.15. The molecule has 0 aliphatic rings. The lowest BCUT2D eigenvalue weighted by molar-refractivity contribution is -0.119. The standard InChI is InChI=1S/C22H21N3O2S/c1-12-9-10-17(13(2)11-12)23-21(26)15(4)25-22(27)19-16-7-5-6-8-18(16)28-20(19)14(3)24-25/h5-11,15H,1-4H3,(H,23,26)/t15-/m0/s1. The van der Waals surface area contributed by atoms with E-state index >= 15 is 0 Å². The molecule has 0 aliphatic heterocycles. The van der Waals surface area contributed by atoms with Crippen molar-refractivity contribution in [2.45, 2.75) is 33.7 Å². The number of thiophene rings is 1. The molecule has 0 radical (unpaired) electrons. The summed E-state index contributed by atoms with van der Waals surface area (Å²) in [5, 5.41) is 8.92. The number of anilines is 1. The zero-order valence-corrected chi connectivity index (χ0v) is 17.1. The van der Waals surface area contributed by atoms with Gasteiger partial charge in [-0.2, -0.15) is 5.10 Å². The van der Waals surface area contributed by atoms with Crippen molar-refractivity contribution < 1.29 is 4.79 Å². The van der Waals surface area contributed by atoms with Crippen LogP contribution in [-0.2, 0) is 4.79 Å². The lowest BCUT2D eigenvalue weighted by Gasteiger charge is -2.16. The Labute approximate surface area is 166 Å². The predicted octanol–water partition coefficient (Wildman–Crippen LogP) is 4.74. The Morgan fingerprint density at radius 3 is 2.64 bits per heavy atom. The molecule has 142 valence electrons. The maximum Gasteiger partial charge on any atom is 0.276 e. The Kier molecular flexibility index (Phi) is 4.51. The number of nitrogens with one attached hydrogen (secondary N) is 1. The predicted molar refractivity (Wildman–Crippen MR) is 115 cm³/mol. The highest BCUT2D eigenvalue weighted by Crippen LogP contribution is 2.33. The number of benzene rings is 2. The van der Waals surface area contributed by atoms with Gasteiger partial charge in [-0.05, 0) is 45.4 Å². The van der Waals surface area contributed by atoms with Crippen LogP contribution in [0.5, 0.6) is 0 Å². The molecule has 0 saturated heterocycles. The molecule has 0 saturated carbocycles. The van der Waals surface area contributed by atoms with Gasteiger partial charge in [0.2, 0.25) is 5.91 Å². The summed E-state index contributed by atoms with van der Waals surface area (Å²) < 4.78 is 3.23. The van der Waals surface area contributed by atoms with Gasteiger partial charge in [0, 0.05) is 15.8 Å². The summed E-state index contributed by atoms with van der Waals surface area (Å²) in [6.45, 7) is 7.54. The van der Waals surface area contributed by atoms with Crippen LogP contribution in [0.2, 0.25) is 0 Å². The Morgan fingerprint density at radius 2 is 1.89 bits per heavy atom. The van der Waals surface area contributed by atoms with E-state index in [1.807, 2.05) is 63.2 Å². The second-order valence-electron chi connectivity index (χ2n) is 7.12. The maximum absolute atomic E-state index is 13.2. The number of aryl methyl sites for hydroxylation is 3. The van der Waals surface area contributed by atoms with Gasteiger partial charge in [0.1, 0.15) is 6.04 Å². The van der Waals surface area contributed by atoms with Gasteiger partial charge in [-0.25, -0.2) is 4.68 Å². The molecule has 0 unspecified atom stereocenters. The number of rotatable bonds is 3. The van der Waals surface area contributed by atoms with Crippen molar-refractivity contribution in [3.8, 4) is 0 Å². The molecule has 0 fully saturated rings. The maximum atomic E-state index is 13.2. The minimum atomic E-state index is -0.727. The Morgan fingerprint density at radius 1 is 1.14 bits per heavy atom. The van der Waals surface area contributed by atoms with Crippen molar-refractivity contribution >= 4 is 43.1 Å². The first-order valence-corrected chi connectivity index (χ1v) is 9.97. The molecule has 5 nitrogen and oxygen atoms in total. The minimum absolute atomic E-state index is 0.235. The molecule has 2 heterocycles. The van der Waals surface area contributed by atoms with Crippen molar-refractivity contribution in [3.63, 3.8) is 0 Å². The number of amides is 1. The fourth-order valence-electron chi connectivity index (χ4n) is 3.44. The van der Waals surface area contributed by atoms with Crippen molar-refractivity contribution in [1.29, 1.82) is 0 Å². The quantitative estimate of drug-likeness (QED) is 0.549. The normalized spacial score (nSPS) is 12.4. The van der Waals surface area contributed by atoms with Gasteiger partial charge in [-0.15, -0.1) is 11.3 Å². The third kappa shape index (κ3) is 2.99. The number of hydrogen-bond donors (Lipinski definition) is 1. The number of hydrogen-bond acceptors (Lipinski definition) is 4. The second-order valence-corrected chi connectivity index (χ2v) is 8.17. The molecule has 0 spiro atoms. The van der Waals surface area contributed by atoms with Crippen LogP contribution >= 0.6 is 11.3 Å². The lowest BCUT2D eigenvalue weighted by atomic mass is 10.1. The van der Waals surface area contributed by atoms with Gasteiger partial charge < -0.3 is 5.32 Å². The smallest absolute Gasteiger partial charge is 0.276 e. The van der Waals surface area contributed by atoms with Gasteiger partial charge >= 0.3 is 0 Å². The summed E-state index contributed by atoms with van der Waals surface area (Å²) in [4.78, 5) is 26.0. The number of aromatic nitrogens is 2. The molecule has 1 N–H and O–H groups in total. The van der Waals surface area contributed by atoms with E-state index in [1.165, 1.54) is 4.68 Å². The summed E-state index contributed by atoms with van der Waals surface area (Å²) in [6.07, 6.45) is 0. The molecular weight excluding hydrogens is 370 g/mol. The summed E-state index contributed by atoms with van der Waals surface area (Å²) in [5.74, 6) is -0.264. The summed E-state index contributed by atoms with van der Waals surface area (Å²) in [5.41, 5.74) is 3.38. The molecule has 6 heteroatoms. The molecule has 1 amide bonds. The summed E-state index contributed by atoms with van der Waals surface area (Å²) >= 11 is 1.56. The Balaban J connectivity index is 1.77. The van der Waals surface area contributed by atoms with Crippen LogP contribution in [-0.4, -0.2) is 15.7 Å². The van der Waals surface area contributed by atoms with Crippen molar-refractivity contribution in [2.75, 3.05) is 5.32 Å². The van der Waals surface area contributed by atoms with Crippen molar-refractivity contribution in [1.82, 2.24) is 9.78 Å². The fraction of sp³-hybridized carbons (Fsp3) is 0.227. The van der Waals surface area contributed by atoms with Crippen molar-refractivity contribution in [2.24, 2.45) is 0 Å². The Hall–Kier alpha value is -2.99. The average molecular weight is 391 g/mol. The van der Waals surface area contributed by atoms with E-state index in [0.717, 1.165) is 37.3 Å². The SMILES string of the molecule is Cc1ccc(NC(=O)[C@H](C)n2nc(C)c3sc4ccccc4c3c2=O)c(C)c1. The molecule has 4 aromatic rings. The van der Waals surface area contributed by atoms with Gasteiger partial charge in [0.25, 0.3) is 5.56 Å². The molecule has 0 aliphatic carbocycles.